The molecule has 1 heterocycles. The number of aryl methyl sites for hydroxylation is 1. The Hall–Kier alpha value is -1.69. The molecule has 9 heteroatoms. The first-order chi connectivity index (χ1) is 15.0. The summed E-state index contributed by atoms with van der Waals surface area (Å²) in [6, 6.07) is 15.9. The second-order valence-corrected chi connectivity index (χ2v) is 9.54. The SMILES string of the molecule is CCNC(=NCc1cccc(C)c1)NCc1ccccc1CS(=O)(=O)N1CCOCC1.I. The fourth-order valence-electron chi connectivity index (χ4n) is 3.48. The monoisotopic (exact) mass is 572 g/mol. The van der Waals surface area contributed by atoms with Crippen LogP contribution >= 0.6 is 24.0 Å². The summed E-state index contributed by atoms with van der Waals surface area (Å²) in [6.07, 6.45) is 0. The molecule has 0 bridgehead atoms. The highest BCUT2D eigenvalue weighted by Gasteiger charge is 2.25. The predicted octanol–water partition coefficient (Wildman–Crippen LogP) is 3.03. The lowest BCUT2D eigenvalue weighted by atomic mass is 10.1. The maximum Gasteiger partial charge on any atom is 0.218 e. The van der Waals surface area contributed by atoms with Crippen LogP contribution in [0.25, 0.3) is 0 Å². The smallest absolute Gasteiger partial charge is 0.218 e. The number of benzene rings is 2. The van der Waals surface area contributed by atoms with Crippen molar-refractivity contribution in [3.8, 4) is 0 Å². The Labute approximate surface area is 208 Å². The average Bonchev–Trinajstić information content (AvgIpc) is 2.77. The molecule has 0 saturated carbocycles. The van der Waals surface area contributed by atoms with Crippen LogP contribution in [0.5, 0.6) is 0 Å². The molecule has 0 unspecified atom stereocenters. The van der Waals surface area contributed by atoms with Gasteiger partial charge >= 0.3 is 0 Å². The van der Waals surface area contributed by atoms with E-state index in [9.17, 15) is 8.42 Å². The van der Waals surface area contributed by atoms with E-state index in [-0.39, 0.29) is 29.7 Å². The second kappa shape index (κ2) is 13.1. The first-order valence-corrected chi connectivity index (χ1v) is 12.3. The summed E-state index contributed by atoms with van der Waals surface area (Å²) < 4.78 is 32.5. The number of nitrogens with zero attached hydrogens (tertiary/aromatic N) is 2. The van der Waals surface area contributed by atoms with E-state index in [2.05, 4.69) is 40.7 Å². The third-order valence-electron chi connectivity index (χ3n) is 5.11. The van der Waals surface area contributed by atoms with Crippen molar-refractivity contribution in [2.45, 2.75) is 32.7 Å². The van der Waals surface area contributed by atoms with Crippen LogP contribution in [0.4, 0.5) is 0 Å². The van der Waals surface area contributed by atoms with Gasteiger partial charge in [-0.2, -0.15) is 4.31 Å². The summed E-state index contributed by atoms with van der Waals surface area (Å²) in [5.41, 5.74) is 4.10. The van der Waals surface area contributed by atoms with Crippen molar-refractivity contribution in [1.29, 1.82) is 0 Å². The Morgan fingerprint density at radius 3 is 2.47 bits per heavy atom. The summed E-state index contributed by atoms with van der Waals surface area (Å²) in [6.45, 7) is 7.63. The second-order valence-electron chi connectivity index (χ2n) is 7.57. The molecule has 0 aliphatic carbocycles. The molecule has 1 saturated heterocycles. The summed E-state index contributed by atoms with van der Waals surface area (Å²) in [4.78, 5) is 4.67. The van der Waals surface area contributed by atoms with Gasteiger partial charge in [-0.25, -0.2) is 13.4 Å². The van der Waals surface area contributed by atoms with Gasteiger partial charge < -0.3 is 15.4 Å². The van der Waals surface area contributed by atoms with Gasteiger partial charge in [0.1, 0.15) is 0 Å². The van der Waals surface area contributed by atoms with Crippen molar-refractivity contribution in [1.82, 2.24) is 14.9 Å². The van der Waals surface area contributed by atoms with E-state index in [1.54, 1.807) is 0 Å². The standard InChI is InChI=1S/C23H32N4O3S.HI/c1-3-24-23(25-16-20-8-6-7-19(2)15-20)26-17-21-9-4-5-10-22(21)18-31(28,29)27-11-13-30-14-12-27;/h4-10,15H,3,11-14,16-18H2,1-2H3,(H2,24,25,26);1H. The number of halogens is 1. The lowest BCUT2D eigenvalue weighted by Crippen LogP contribution is -2.41. The minimum absolute atomic E-state index is 0. The van der Waals surface area contributed by atoms with Gasteiger partial charge in [0.15, 0.2) is 5.96 Å². The van der Waals surface area contributed by atoms with E-state index in [1.165, 1.54) is 9.87 Å². The minimum atomic E-state index is -3.38. The van der Waals surface area contributed by atoms with Crippen molar-refractivity contribution >= 4 is 40.0 Å². The molecule has 2 N–H and O–H groups in total. The molecule has 0 amide bonds. The van der Waals surface area contributed by atoms with Crippen molar-refractivity contribution in [2.75, 3.05) is 32.8 Å². The van der Waals surface area contributed by atoms with Gasteiger partial charge in [0.25, 0.3) is 0 Å². The van der Waals surface area contributed by atoms with E-state index in [0.717, 1.165) is 23.2 Å². The highest BCUT2D eigenvalue weighted by Crippen LogP contribution is 2.16. The van der Waals surface area contributed by atoms with Gasteiger partial charge in [-0.3, -0.25) is 0 Å². The number of morpholine rings is 1. The molecule has 2 aromatic rings. The zero-order valence-electron chi connectivity index (χ0n) is 18.7. The number of nitrogens with one attached hydrogen (secondary N) is 2. The maximum atomic E-state index is 12.8. The lowest BCUT2D eigenvalue weighted by Gasteiger charge is -2.26. The number of hydrogen-bond donors (Lipinski definition) is 2. The third-order valence-corrected chi connectivity index (χ3v) is 6.94. The molecule has 7 nitrogen and oxygen atoms in total. The molecule has 0 atom stereocenters. The maximum absolute atomic E-state index is 12.8. The molecule has 1 aliphatic rings. The van der Waals surface area contributed by atoms with E-state index in [4.69, 9.17) is 4.74 Å². The number of ether oxygens (including phenoxy) is 1. The summed E-state index contributed by atoms with van der Waals surface area (Å²) >= 11 is 0. The van der Waals surface area contributed by atoms with Crippen molar-refractivity contribution in [3.63, 3.8) is 0 Å². The molecular weight excluding hydrogens is 539 g/mol. The van der Waals surface area contributed by atoms with Gasteiger partial charge in [-0.05, 0) is 30.5 Å². The van der Waals surface area contributed by atoms with Crippen LogP contribution < -0.4 is 10.6 Å². The van der Waals surface area contributed by atoms with Gasteiger partial charge in [-0.1, -0.05) is 54.1 Å². The quantitative estimate of drug-likeness (QED) is 0.289. The molecule has 32 heavy (non-hydrogen) atoms. The average molecular weight is 573 g/mol. The lowest BCUT2D eigenvalue weighted by molar-refractivity contribution is 0.0729. The van der Waals surface area contributed by atoms with E-state index < -0.39 is 10.0 Å². The Balaban J connectivity index is 0.00000363. The van der Waals surface area contributed by atoms with Crippen LogP contribution in [0.2, 0.25) is 0 Å². The van der Waals surface area contributed by atoms with Crippen LogP contribution in [0.3, 0.4) is 0 Å². The molecule has 1 fully saturated rings. The Morgan fingerprint density at radius 1 is 1.06 bits per heavy atom. The summed E-state index contributed by atoms with van der Waals surface area (Å²) in [5.74, 6) is 0.691. The highest BCUT2D eigenvalue weighted by atomic mass is 127. The van der Waals surface area contributed by atoms with Crippen molar-refractivity contribution in [2.24, 2.45) is 4.99 Å². The van der Waals surface area contributed by atoms with E-state index >= 15 is 0 Å². The fraction of sp³-hybridized carbons (Fsp3) is 0.435. The third kappa shape index (κ3) is 8.02. The molecule has 1 aliphatic heterocycles. The molecule has 0 radical (unpaired) electrons. The molecule has 3 rings (SSSR count). The molecule has 0 spiro atoms. The van der Waals surface area contributed by atoms with Crippen LogP contribution in [-0.2, 0) is 33.6 Å². The number of sulfonamides is 1. The molecule has 176 valence electrons. The first-order valence-electron chi connectivity index (χ1n) is 10.7. The summed E-state index contributed by atoms with van der Waals surface area (Å²) in [7, 11) is -3.38. The topological polar surface area (TPSA) is 83.0 Å². The fourth-order valence-corrected chi connectivity index (χ4v) is 5.05. The zero-order chi connectivity index (χ0) is 22.1. The van der Waals surface area contributed by atoms with Gasteiger partial charge in [0.2, 0.25) is 10.0 Å². The number of guanidine groups is 1. The van der Waals surface area contributed by atoms with Crippen LogP contribution in [0, 0.1) is 6.92 Å². The number of rotatable bonds is 8. The van der Waals surface area contributed by atoms with Crippen molar-refractivity contribution in [3.05, 3.63) is 70.8 Å². The van der Waals surface area contributed by atoms with Gasteiger partial charge in [-0.15, -0.1) is 24.0 Å². The number of hydrogen-bond acceptors (Lipinski definition) is 4. The highest BCUT2D eigenvalue weighted by molar-refractivity contribution is 14.0. The first kappa shape index (κ1) is 26.6. The Bertz CT molecular complexity index is 992. The van der Waals surface area contributed by atoms with E-state index in [1.807, 2.05) is 37.3 Å². The Kier molecular flexibility index (Phi) is 10.9. The largest absolute Gasteiger partial charge is 0.379 e. The van der Waals surface area contributed by atoms with Crippen LogP contribution in [-0.4, -0.2) is 51.5 Å². The van der Waals surface area contributed by atoms with Gasteiger partial charge in [0.05, 0.1) is 25.5 Å². The normalized spacial score (nSPS) is 15.1. The van der Waals surface area contributed by atoms with Crippen molar-refractivity contribution < 1.29 is 13.2 Å². The molecular formula is C23H33IN4O3S. The minimum Gasteiger partial charge on any atom is -0.379 e. The van der Waals surface area contributed by atoms with Crippen LogP contribution in [0.15, 0.2) is 53.5 Å². The summed E-state index contributed by atoms with van der Waals surface area (Å²) in [5, 5.41) is 6.59. The number of aliphatic imine (C=N–C) groups is 1. The molecule has 2 aromatic carbocycles. The zero-order valence-corrected chi connectivity index (χ0v) is 21.9. The van der Waals surface area contributed by atoms with Crippen LogP contribution in [0.1, 0.15) is 29.2 Å². The molecule has 0 aromatic heterocycles. The predicted molar refractivity (Wildman–Crippen MR) is 140 cm³/mol. The van der Waals surface area contributed by atoms with Gasteiger partial charge in [0, 0.05) is 26.2 Å². The Morgan fingerprint density at radius 2 is 1.78 bits per heavy atom. The van der Waals surface area contributed by atoms with E-state index in [0.29, 0.717) is 45.4 Å².